The van der Waals surface area contributed by atoms with Gasteiger partial charge in [0.1, 0.15) is 24.2 Å². The molecular formula is C26H39N3O4. The van der Waals surface area contributed by atoms with Crippen molar-refractivity contribution in [3.05, 3.63) is 59.7 Å². The van der Waals surface area contributed by atoms with Crippen molar-refractivity contribution in [2.24, 2.45) is 0 Å². The maximum atomic E-state index is 12.0. The van der Waals surface area contributed by atoms with Crippen LogP contribution in [0.4, 0.5) is 4.79 Å². The molecule has 0 bridgehead atoms. The van der Waals surface area contributed by atoms with Crippen molar-refractivity contribution < 1.29 is 19.4 Å². The largest absolute Gasteiger partial charge is 0.496 e. The number of urea groups is 1. The lowest BCUT2D eigenvalue weighted by atomic mass is 10.1. The van der Waals surface area contributed by atoms with Crippen LogP contribution in [0.2, 0.25) is 0 Å². The molecule has 0 fully saturated rings. The molecule has 0 aromatic heterocycles. The summed E-state index contributed by atoms with van der Waals surface area (Å²) >= 11 is 0. The molecule has 2 rings (SSSR count). The van der Waals surface area contributed by atoms with Gasteiger partial charge in [0.15, 0.2) is 0 Å². The van der Waals surface area contributed by atoms with Gasteiger partial charge in [0.05, 0.1) is 7.11 Å². The van der Waals surface area contributed by atoms with Crippen LogP contribution in [0.5, 0.6) is 11.5 Å². The SMILES string of the molecule is COc1ccccc1CCCNC(=O)NCCCc1ccccc1OC[C@@H](O)CNC(C)C. The van der Waals surface area contributed by atoms with Gasteiger partial charge in [-0.05, 0) is 48.9 Å². The van der Waals surface area contributed by atoms with E-state index in [1.54, 1.807) is 7.11 Å². The van der Waals surface area contributed by atoms with Crippen LogP contribution in [-0.2, 0) is 12.8 Å². The minimum Gasteiger partial charge on any atom is -0.496 e. The van der Waals surface area contributed by atoms with Gasteiger partial charge >= 0.3 is 6.03 Å². The molecule has 0 aliphatic heterocycles. The van der Waals surface area contributed by atoms with E-state index in [0.29, 0.717) is 25.7 Å². The molecule has 7 heteroatoms. The van der Waals surface area contributed by atoms with Gasteiger partial charge in [-0.25, -0.2) is 4.79 Å². The Bertz CT molecular complexity index is 829. The zero-order chi connectivity index (χ0) is 23.9. The Labute approximate surface area is 197 Å². The molecule has 7 nitrogen and oxygen atoms in total. The number of methoxy groups -OCH3 is 1. The Morgan fingerprint density at radius 3 is 2.03 bits per heavy atom. The molecule has 0 aliphatic carbocycles. The quantitative estimate of drug-likeness (QED) is 0.308. The Hall–Kier alpha value is -2.77. The third-order valence-electron chi connectivity index (χ3n) is 5.17. The number of aliphatic hydroxyl groups is 1. The van der Waals surface area contributed by atoms with Gasteiger partial charge in [0.25, 0.3) is 0 Å². The molecule has 2 aromatic carbocycles. The number of para-hydroxylation sites is 2. The van der Waals surface area contributed by atoms with E-state index in [2.05, 4.69) is 16.0 Å². The number of hydrogen-bond donors (Lipinski definition) is 4. The zero-order valence-electron chi connectivity index (χ0n) is 20.1. The fourth-order valence-electron chi connectivity index (χ4n) is 3.40. The van der Waals surface area contributed by atoms with Crippen molar-refractivity contribution in [1.82, 2.24) is 16.0 Å². The number of amides is 2. The lowest BCUT2D eigenvalue weighted by Gasteiger charge is -2.17. The highest BCUT2D eigenvalue weighted by atomic mass is 16.5. The molecule has 0 heterocycles. The van der Waals surface area contributed by atoms with E-state index >= 15 is 0 Å². The van der Waals surface area contributed by atoms with E-state index in [0.717, 1.165) is 48.3 Å². The van der Waals surface area contributed by atoms with E-state index in [1.807, 2.05) is 62.4 Å². The molecule has 2 aromatic rings. The highest BCUT2D eigenvalue weighted by Crippen LogP contribution is 2.20. The molecule has 0 saturated heterocycles. The molecule has 33 heavy (non-hydrogen) atoms. The molecule has 0 unspecified atom stereocenters. The number of carbonyl (C=O) groups excluding carboxylic acids is 1. The molecule has 0 spiro atoms. The lowest BCUT2D eigenvalue weighted by molar-refractivity contribution is 0.104. The van der Waals surface area contributed by atoms with Gasteiger partial charge in [-0.15, -0.1) is 0 Å². The number of benzene rings is 2. The lowest BCUT2D eigenvalue weighted by Crippen LogP contribution is -2.36. The fraction of sp³-hybridized carbons (Fsp3) is 0.500. The minimum absolute atomic E-state index is 0.152. The summed E-state index contributed by atoms with van der Waals surface area (Å²) in [6.07, 6.45) is 2.71. The number of rotatable bonds is 15. The summed E-state index contributed by atoms with van der Waals surface area (Å²) in [6, 6.07) is 15.9. The van der Waals surface area contributed by atoms with E-state index in [-0.39, 0.29) is 12.6 Å². The van der Waals surface area contributed by atoms with Crippen LogP contribution in [0.3, 0.4) is 0 Å². The van der Waals surface area contributed by atoms with Crippen LogP contribution in [0.25, 0.3) is 0 Å². The third kappa shape index (κ3) is 10.6. The van der Waals surface area contributed by atoms with E-state index < -0.39 is 6.10 Å². The second-order valence-corrected chi connectivity index (χ2v) is 8.34. The van der Waals surface area contributed by atoms with Gasteiger partial charge in [-0.2, -0.15) is 0 Å². The van der Waals surface area contributed by atoms with Gasteiger partial charge < -0.3 is 30.5 Å². The van der Waals surface area contributed by atoms with Crippen molar-refractivity contribution in [1.29, 1.82) is 0 Å². The van der Waals surface area contributed by atoms with E-state index in [4.69, 9.17) is 9.47 Å². The van der Waals surface area contributed by atoms with Gasteiger partial charge in [-0.3, -0.25) is 0 Å². The molecule has 0 aliphatic rings. The van der Waals surface area contributed by atoms with Crippen LogP contribution in [-0.4, -0.2) is 56.6 Å². The maximum absolute atomic E-state index is 12.0. The van der Waals surface area contributed by atoms with Crippen LogP contribution < -0.4 is 25.4 Å². The minimum atomic E-state index is -0.561. The normalized spacial score (nSPS) is 11.8. The number of aryl methyl sites for hydroxylation is 2. The first-order valence-electron chi connectivity index (χ1n) is 11.7. The molecule has 1 atom stereocenters. The third-order valence-corrected chi connectivity index (χ3v) is 5.17. The van der Waals surface area contributed by atoms with Crippen molar-refractivity contribution in [3.63, 3.8) is 0 Å². The maximum Gasteiger partial charge on any atom is 0.314 e. The van der Waals surface area contributed by atoms with Crippen LogP contribution >= 0.6 is 0 Å². The van der Waals surface area contributed by atoms with Gasteiger partial charge in [0, 0.05) is 25.7 Å². The molecule has 182 valence electrons. The summed E-state index contributed by atoms with van der Waals surface area (Å²) in [5.41, 5.74) is 2.22. The number of ether oxygens (including phenoxy) is 2. The summed E-state index contributed by atoms with van der Waals surface area (Å²) < 4.78 is 11.2. The topological polar surface area (TPSA) is 91.9 Å². The first-order valence-corrected chi connectivity index (χ1v) is 11.7. The average Bonchev–Trinajstić information content (AvgIpc) is 2.82. The van der Waals surface area contributed by atoms with Crippen molar-refractivity contribution in [3.8, 4) is 11.5 Å². The highest BCUT2D eigenvalue weighted by Gasteiger charge is 2.09. The standard InChI is InChI=1S/C26H39N3O4/c1-20(2)29-18-23(30)19-33-25-15-7-5-11-22(25)13-9-17-28-26(31)27-16-8-12-21-10-4-6-14-24(21)32-3/h4-7,10-11,14-15,20,23,29-30H,8-9,12-13,16-19H2,1-3H3,(H2,27,28,31)/t23-/m0/s1. The van der Waals surface area contributed by atoms with Crippen LogP contribution in [0.15, 0.2) is 48.5 Å². The van der Waals surface area contributed by atoms with E-state index in [1.165, 1.54) is 0 Å². The Balaban J connectivity index is 1.62. The molecule has 0 saturated carbocycles. The van der Waals surface area contributed by atoms with Gasteiger partial charge in [-0.1, -0.05) is 50.2 Å². The second-order valence-electron chi connectivity index (χ2n) is 8.34. The second kappa shape index (κ2) is 15.1. The van der Waals surface area contributed by atoms with Crippen molar-refractivity contribution in [2.45, 2.75) is 51.7 Å². The highest BCUT2D eigenvalue weighted by molar-refractivity contribution is 5.73. The first kappa shape index (κ1) is 26.5. The summed E-state index contributed by atoms with van der Waals surface area (Å²) in [6.45, 7) is 6.00. The molecule has 0 radical (unpaired) electrons. The molecule has 4 N–H and O–H groups in total. The number of carbonyl (C=O) groups is 1. The molecule has 2 amide bonds. The first-order chi connectivity index (χ1) is 16.0. The smallest absolute Gasteiger partial charge is 0.314 e. The number of aliphatic hydroxyl groups excluding tert-OH is 1. The van der Waals surface area contributed by atoms with Crippen molar-refractivity contribution in [2.75, 3.05) is 33.4 Å². The summed E-state index contributed by atoms with van der Waals surface area (Å²) in [4.78, 5) is 12.0. The van der Waals surface area contributed by atoms with E-state index in [9.17, 15) is 9.90 Å². The number of hydrogen-bond acceptors (Lipinski definition) is 5. The van der Waals surface area contributed by atoms with Crippen LogP contribution in [0.1, 0.15) is 37.8 Å². The summed E-state index contributed by atoms with van der Waals surface area (Å²) in [5, 5.41) is 19.1. The Morgan fingerprint density at radius 1 is 0.909 bits per heavy atom. The van der Waals surface area contributed by atoms with Crippen molar-refractivity contribution >= 4 is 6.03 Å². The monoisotopic (exact) mass is 457 g/mol. The Morgan fingerprint density at radius 2 is 1.45 bits per heavy atom. The zero-order valence-corrected chi connectivity index (χ0v) is 20.1. The predicted molar refractivity (Wildman–Crippen MR) is 132 cm³/mol. The van der Waals surface area contributed by atoms with Crippen LogP contribution in [0, 0.1) is 0 Å². The average molecular weight is 458 g/mol. The summed E-state index contributed by atoms with van der Waals surface area (Å²) in [7, 11) is 1.67. The summed E-state index contributed by atoms with van der Waals surface area (Å²) in [5.74, 6) is 1.66. The molecular weight excluding hydrogens is 418 g/mol. The van der Waals surface area contributed by atoms with Gasteiger partial charge in [0.2, 0.25) is 0 Å². The Kier molecular flexibility index (Phi) is 12.1. The predicted octanol–water partition coefficient (Wildman–Crippen LogP) is 3.30. The fourth-order valence-corrected chi connectivity index (χ4v) is 3.40. The number of nitrogens with one attached hydrogen (secondary N) is 3.